The Morgan fingerprint density at radius 2 is 1.67 bits per heavy atom. The van der Waals surface area contributed by atoms with E-state index < -0.39 is 0 Å². The Kier molecular flexibility index (Phi) is 5.35. The van der Waals surface area contributed by atoms with Gasteiger partial charge in [-0.1, -0.05) is 11.3 Å². The molecule has 0 aliphatic rings. The summed E-state index contributed by atoms with van der Waals surface area (Å²) in [5, 5.41) is 13.3. The summed E-state index contributed by atoms with van der Waals surface area (Å²) in [5.41, 5.74) is 0.850. The highest BCUT2D eigenvalue weighted by Crippen LogP contribution is 2.40. The topological polar surface area (TPSA) is 65.5 Å². The van der Waals surface area contributed by atoms with Crippen LogP contribution in [0.1, 0.15) is 5.01 Å². The zero-order valence-corrected chi connectivity index (χ0v) is 13.4. The molecule has 1 aromatic carbocycles. The molecule has 2 aromatic rings. The molecule has 6 nitrogen and oxygen atoms in total. The Bertz CT molecular complexity index is 601. The second-order valence-corrected chi connectivity index (χ2v) is 5.32. The minimum absolute atomic E-state index is 0.623. The molecule has 2 rings (SSSR count). The van der Waals surface area contributed by atoms with Crippen molar-refractivity contribution in [2.75, 3.05) is 34.9 Å². The largest absolute Gasteiger partial charge is 0.496 e. The maximum atomic E-state index is 5.42. The van der Waals surface area contributed by atoms with Gasteiger partial charge in [-0.15, -0.1) is 10.2 Å². The van der Waals surface area contributed by atoms with Crippen molar-refractivity contribution in [1.29, 1.82) is 0 Å². The number of aromatic nitrogens is 2. The SMILES string of the molecule is CNCCc1nnc(-c2cc(OC)c(OC)cc2OC)s1. The van der Waals surface area contributed by atoms with Crippen LogP contribution >= 0.6 is 11.3 Å². The van der Waals surface area contributed by atoms with Crippen molar-refractivity contribution in [3.8, 4) is 27.8 Å². The van der Waals surface area contributed by atoms with Crippen LogP contribution < -0.4 is 19.5 Å². The number of hydrogen-bond acceptors (Lipinski definition) is 7. The number of hydrogen-bond donors (Lipinski definition) is 1. The van der Waals surface area contributed by atoms with Crippen LogP contribution in [0.3, 0.4) is 0 Å². The van der Waals surface area contributed by atoms with Crippen molar-refractivity contribution in [2.24, 2.45) is 0 Å². The van der Waals surface area contributed by atoms with E-state index >= 15 is 0 Å². The quantitative estimate of drug-likeness (QED) is 0.844. The number of benzene rings is 1. The second-order valence-electron chi connectivity index (χ2n) is 4.26. The van der Waals surface area contributed by atoms with Crippen molar-refractivity contribution < 1.29 is 14.2 Å². The minimum atomic E-state index is 0.623. The van der Waals surface area contributed by atoms with Crippen molar-refractivity contribution in [2.45, 2.75) is 6.42 Å². The standard InChI is InChI=1S/C14H19N3O3S/c1-15-6-5-13-16-17-14(21-13)9-7-11(19-3)12(20-4)8-10(9)18-2/h7-8,15H,5-6H2,1-4H3. The molecule has 0 amide bonds. The van der Waals surface area contributed by atoms with Gasteiger partial charge in [-0.3, -0.25) is 0 Å². The lowest BCUT2D eigenvalue weighted by atomic mass is 10.2. The van der Waals surface area contributed by atoms with E-state index in [1.165, 1.54) is 0 Å². The highest BCUT2D eigenvalue weighted by Gasteiger charge is 2.16. The fourth-order valence-electron chi connectivity index (χ4n) is 1.89. The van der Waals surface area contributed by atoms with Gasteiger partial charge in [0.15, 0.2) is 16.5 Å². The molecule has 0 fully saturated rings. The lowest BCUT2D eigenvalue weighted by Crippen LogP contribution is -2.09. The molecule has 0 spiro atoms. The molecular weight excluding hydrogens is 290 g/mol. The Morgan fingerprint density at radius 3 is 2.29 bits per heavy atom. The van der Waals surface area contributed by atoms with Crippen LogP contribution in [0.2, 0.25) is 0 Å². The van der Waals surface area contributed by atoms with Crippen molar-refractivity contribution >= 4 is 11.3 Å². The molecule has 0 radical (unpaired) electrons. The summed E-state index contributed by atoms with van der Waals surface area (Å²) in [5.74, 6) is 1.95. The highest BCUT2D eigenvalue weighted by atomic mass is 32.1. The number of methoxy groups -OCH3 is 3. The Balaban J connectivity index is 2.39. The van der Waals surface area contributed by atoms with Crippen LogP contribution in [0.15, 0.2) is 12.1 Å². The van der Waals surface area contributed by atoms with Gasteiger partial charge in [-0.2, -0.15) is 0 Å². The van der Waals surface area contributed by atoms with Gasteiger partial charge < -0.3 is 19.5 Å². The van der Waals surface area contributed by atoms with Gasteiger partial charge in [0.2, 0.25) is 0 Å². The predicted octanol–water partition coefficient (Wildman–Crippen LogP) is 1.99. The first kappa shape index (κ1) is 15.5. The lowest BCUT2D eigenvalue weighted by Gasteiger charge is -2.12. The van der Waals surface area contributed by atoms with E-state index in [0.29, 0.717) is 17.2 Å². The maximum absolute atomic E-state index is 5.42. The van der Waals surface area contributed by atoms with E-state index in [-0.39, 0.29) is 0 Å². The number of likely N-dealkylation sites (N-methyl/N-ethyl adjacent to an activating group) is 1. The third kappa shape index (κ3) is 3.43. The molecule has 0 saturated carbocycles. The van der Waals surface area contributed by atoms with Crippen LogP contribution in [0.5, 0.6) is 17.2 Å². The average Bonchev–Trinajstić information content (AvgIpc) is 3.00. The van der Waals surface area contributed by atoms with Crippen LogP contribution in [0, 0.1) is 0 Å². The molecule has 21 heavy (non-hydrogen) atoms. The summed E-state index contributed by atoms with van der Waals surface area (Å²) < 4.78 is 16.0. The zero-order valence-electron chi connectivity index (χ0n) is 12.6. The molecule has 0 bridgehead atoms. The molecule has 1 heterocycles. The molecule has 7 heteroatoms. The second kappa shape index (κ2) is 7.24. The normalized spacial score (nSPS) is 10.5. The predicted molar refractivity (Wildman–Crippen MR) is 82.6 cm³/mol. The van der Waals surface area contributed by atoms with E-state index in [1.54, 1.807) is 38.7 Å². The number of rotatable bonds is 7. The third-order valence-corrected chi connectivity index (χ3v) is 4.01. The fourth-order valence-corrected chi connectivity index (χ4v) is 2.75. The molecule has 1 N–H and O–H groups in total. The van der Waals surface area contributed by atoms with Crippen LogP contribution in [0.4, 0.5) is 0 Å². The van der Waals surface area contributed by atoms with Crippen LogP contribution in [-0.2, 0) is 6.42 Å². The smallest absolute Gasteiger partial charge is 0.164 e. The molecule has 0 unspecified atom stereocenters. The third-order valence-electron chi connectivity index (χ3n) is 2.99. The summed E-state index contributed by atoms with van der Waals surface area (Å²) in [6.45, 7) is 0.873. The van der Waals surface area contributed by atoms with Gasteiger partial charge in [0.05, 0.1) is 26.9 Å². The number of ether oxygens (including phenoxy) is 3. The van der Waals surface area contributed by atoms with Gasteiger partial charge in [0.1, 0.15) is 10.8 Å². The van der Waals surface area contributed by atoms with Crippen LogP contribution in [-0.4, -0.2) is 45.1 Å². The van der Waals surface area contributed by atoms with Crippen molar-refractivity contribution in [3.63, 3.8) is 0 Å². The number of nitrogens with one attached hydrogen (secondary N) is 1. The van der Waals surface area contributed by atoms with Gasteiger partial charge in [0.25, 0.3) is 0 Å². The molecule has 0 aliphatic heterocycles. The summed E-state index contributed by atoms with van der Waals surface area (Å²) in [7, 11) is 6.73. The van der Waals surface area contributed by atoms with E-state index in [1.807, 2.05) is 13.1 Å². The van der Waals surface area contributed by atoms with E-state index in [2.05, 4.69) is 15.5 Å². The maximum Gasteiger partial charge on any atom is 0.164 e. The summed E-state index contributed by atoms with van der Waals surface area (Å²) >= 11 is 1.55. The first-order chi connectivity index (χ1) is 10.2. The molecule has 114 valence electrons. The molecule has 0 saturated heterocycles. The van der Waals surface area contributed by atoms with Gasteiger partial charge in [-0.05, 0) is 13.1 Å². The van der Waals surface area contributed by atoms with Gasteiger partial charge >= 0.3 is 0 Å². The summed E-state index contributed by atoms with van der Waals surface area (Å²) in [4.78, 5) is 0. The minimum Gasteiger partial charge on any atom is -0.496 e. The van der Waals surface area contributed by atoms with E-state index in [4.69, 9.17) is 14.2 Å². The van der Waals surface area contributed by atoms with Crippen molar-refractivity contribution in [3.05, 3.63) is 17.1 Å². The molecular formula is C14H19N3O3S. The Hall–Kier alpha value is -1.86. The first-order valence-corrected chi connectivity index (χ1v) is 7.32. The Morgan fingerprint density at radius 1 is 1.00 bits per heavy atom. The molecule has 0 aliphatic carbocycles. The fraction of sp³-hybridized carbons (Fsp3) is 0.429. The van der Waals surface area contributed by atoms with E-state index in [9.17, 15) is 0 Å². The average molecular weight is 309 g/mol. The van der Waals surface area contributed by atoms with Crippen LogP contribution in [0.25, 0.3) is 10.6 Å². The van der Waals surface area contributed by atoms with E-state index in [0.717, 1.165) is 28.5 Å². The molecule has 1 aromatic heterocycles. The lowest BCUT2D eigenvalue weighted by molar-refractivity contribution is 0.349. The Labute approximate surface area is 128 Å². The van der Waals surface area contributed by atoms with Crippen molar-refractivity contribution in [1.82, 2.24) is 15.5 Å². The summed E-state index contributed by atoms with van der Waals surface area (Å²) in [6.07, 6.45) is 0.851. The number of nitrogens with zero attached hydrogens (tertiary/aromatic N) is 2. The summed E-state index contributed by atoms with van der Waals surface area (Å²) in [6, 6.07) is 3.66. The first-order valence-electron chi connectivity index (χ1n) is 6.50. The highest BCUT2D eigenvalue weighted by molar-refractivity contribution is 7.14. The monoisotopic (exact) mass is 309 g/mol. The van der Waals surface area contributed by atoms with Gasteiger partial charge in [-0.25, -0.2) is 0 Å². The van der Waals surface area contributed by atoms with Gasteiger partial charge in [0, 0.05) is 19.0 Å². The zero-order chi connectivity index (χ0) is 15.2. The molecule has 0 atom stereocenters.